The molecule has 28 radical (unpaired) electrons. The molecule has 0 amide bonds. The van der Waals surface area contributed by atoms with Crippen LogP contribution in [0.1, 0.15) is 0 Å². The van der Waals surface area contributed by atoms with Gasteiger partial charge in [0.1, 0.15) is 133 Å². The largest absolute Gasteiger partial charge is 0.456 e. The van der Waals surface area contributed by atoms with E-state index in [0.717, 1.165) is 16.4 Å². The van der Waals surface area contributed by atoms with Gasteiger partial charge in [-0.05, 0) is 41.1 Å². The second-order valence-corrected chi connectivity index (χ2v) is 15.5. The first kappa shape index (κ1) is 42.8. The molecule has 0 aliphatic carbocycles. The summed E-state index contributed by atoms with van der Waals surface area (Å²) < 4.78 is 14.4. The summed E-state index contributed by atoms with van der Waals surface area (Å²) in [5, 5.41) is 2.40. The van der Waals surface area contributed by atoms with E-state index in [0.29, 0.717) is 28.4 Å². The number of nitrogens with zero attached hydrogens (tertiary/aromatic N) is 4. The number of aromatic nitrogens is 4. The molecule has 0 saturated carbocycles. The van der Waals surface area contributed by atoms with Crippen LogP contribution in [-0.2, 0) is 0 Å². The Morgan fingerprint density at radius 3 is 1.58 bits per heavy atom. The molecular weight excluding hydrogens is 780 g/mol. The average Bonchev–Trinajstić information content (AvgIpc) is 3.87. The first-order valence-electron chi connectivity index (χ1n) is 19.8. The summed E-state index contributed by atoms with van der Waals surface area (Å²) in [5.74, 6) is 0.747. The summed E-state index contributed by atoms with van der Waals surface area (Å²) in [6.45, 7) is 0. The highest BCUT2D eigenvalue weighted by atomic mass is 16.5. The number of hydrogen-bond acceptors (Lipinski definition) is 5. The Bertz CT molecular complexity index is 3630. The van der Waals surface area contributed by atoms with Crippen molar-refractivity contribution >= 4 is 230 Å². The third-order valence-electron chi connectivity index (χ3n) is 11.7. The van der Waals surface area contributed by atoms with Crippen LogP contribution in [0.25, 0.3) is 83.6 Å². The Kier molecular flexibility index (Phi) is 10.4. The van der Waals surface area contributed by atoms with E-state index < -0.39 is 0 Å². The molecule has 0 fully saturated rings. The SMILES string of the molecule is [B]c1cc(Oc2cc(-c3nc(-c4ccccc4)nc(-c4ccc5c(c4)oc4ccccc45)n3)c([B])c([B])c2[B])c(-n2c3c([B])c([B])c([B])c([B])c3c3c([B])c([B])c([B])c([B])c32)c([B])c1[B]. The van der Waals surface area contributed by atoms with Crippen molar-refractivity contribution in [2.24, 2.45) is 0 Å². The van der Waals surface area contributed by atoms with Crippen molar-refractivity contribution in [3.05, 3.63) is 84.9 Å². The lowest BCUT2D eigenvalue weighted by atomic mass is 9.63. The third-order valence-corrected chi connectivity index (χ3v) is 11.7. The van der Waals surface area contributed by atoms with Crippen LogP contribution in [0, 0.1) is 0 Å². The van der Waals surface area contributed by atoms with Gasteiger partial charge in [0, 0.05) is 38.5 Å². The Morgan fingerprint density at radius 1 is 0.400 bits per heavy atom. The topological polar surface area (TPSA) is 66.0 Å². The van der Waals surface area contributed by atoms with Crippen LogP contribution in [0.3, 0.4) is 0 Å². The molecule has 20 heteroatoms. The van der Waals surface area contributed by atoms with Gasteiger partial charge in [-0.3, -0.25) is 0 Å². The zero-order valence-electron chi connectivity index (χ0n) is 34.3. The Balaban J connectivity index is 1.21. The van der Waals surface area contributed by atoms with Gasteiger partial charge in [-0.15, -0.1) is 38.2 Å². The van der Waals surface area contributed by atoms with Crippen LogP contribution in [0.4, 0.5) is 0 Å². The highest BCUT2D eigenvalue weighted by Crippen LogP contribution is 2.35. The lowest BCUT2D eigenvalue weighted by molar-refractivity contribution is 0.486. The van der Waals surface area contributed by atoms with Crippen molar-refractivity contribution in [2.75, 3.05) is 0 Å². The molecule has 0 bridgehead atoms. The van der Waals surface area contributed by atoms with Crippen LogP contribution in [0.2, 0.25) is 0 Å². The van der Waals surface area contributed by atoms with Gasteiger partial charge in [-0.1, -0.05) is 92.8 Å². The minimum absolute atomic E-state index is 0.00618. The molecule has 0 N–H and O–H groups in total. The van der Waals surface area contributed by atoms with Gasteiger partial charge < -0.3 is 13.7 Å². The zero-order chi connectivity index (χ0) is 45.9. The minimum atomic E-state index is -0.0845. The number of fused-ring (bicyclic) bond motifs is 6. The zero-order valence-corrected chi connectivity index (χ0v) is 34.3. The van der Waals surface area contributed by atoms with Gasteiger partial charge >= 0.3 is 0 Å². The molecule has 0 saturated heterocycles. The smallest absolute Gasteiger partial charge is 0.164 e. The molecule has 6 nitrogen and oxygen atoms in total. The van der Waals surface area contributed by atoms with E-state index in [1.54, 1.807) is 0 Å². The summed E-state index contributed by atoms with van der Waals surface area (Å²) >= 11 is 0. The first-order valence-corrected chi connectivity index (χ1v) is 19.8. The number of hydrogen-bond donors (Lipinski definition) is 0. The normalized spacial score (nSPS) is 11.6. The molecule has 0 unspecified atom stereocenters. The van der Waals surface area contributed by atoms with Crippen molar-refractivity contribution in [1.29, 1.82) is 0 Å². The van der Waals surface area contributed by atoms with Gasteiger partial charge in [0.2, 0.25) is 0 Å². The fraction of sp³-hybridized carbons (Fsp3) is 0. The van der Waals surface area contributed by atoms with Crippen molar-refractivity contribution in [3.63, 3.8) is 0 Å². The number of benzene rings is 7. The lowest BCUT2D eigenvalue weighted by Gasteiger charge is -2.25. The van der Waals surface area contributed by atoms with Gasteiger partial charge in [0.15, 0.2) is 17.5 Å². The van der Waals surface area contributed by atoms with Crippen LogP contribution in [0.15, 0.2) is 89.3 Å². The van der Waals surface area contributed by atoms with Crippen molar-refractivity contribution < 1.29 is 9.15 Å². The van der Waals surface area contributed by atoms with Gasteiger partial charge in [-0.2, -0.15) is 0 Å². The average molecular weight is 794 g/mol. The van der Waals surface area contributed by atoms with Crippen LogP contribution in [-0.4, -0.2) is 129 Å². The number of rotatable bonds is 6. The quantitative estimate of drug-likeness (QED) is 0.158. The van der Waals surface area contributed by atoms with Crippen molar-refractivity contribution in [3.8, 4) is 51.3 Å². The predicted molar refractivity (Wildman–Crippen MR) is 280 cm³/mol. The van der Waals surface area contributed by atoms with E-state index in [4.69, 9.17) is 134 Å². The minimum Gasteiger partial charge on any atom is -0.456 e. The van der Waals surface area contributed by atoms with E-state index in [1.807, 2.05) is 72.8 Å². The highest BCUT2D eigenvalue weighted by Gasteiger charge is 2.27. The van der Waals surface area contributed by atoms with E-state index >= 15 is 0 Å². The fourth-order valence-electron chi connectivity index (χ4n) is 8.25. The molecule has 10 aromatic rings. The first-order chi connectivity index (χ1) is 31.1. The molecule has 0 atom stereocenters. The maximum Gasteiger partial charge on any atom is 0.164 e. The van der Waals surface area contributed by atoms with Crippen LogP contribution < -0.4 is 81.2 Å². The summed E-state index contributed by atoms with van der Waals surface area (Å²) in [6.07, 6.45) is 0. The molecular formula is C45H14B14N4O2. The highest BCUT2D eigenvalue weighted by molar-refractivity contribution is 6.72. The predicted octanol–water partition coefficient (Wildman–Crippen LogP) is -5.23. The molecule has 268 valence electrons. The summed E-state index contributed by atoms with van der Waals surface area (Å²) in [5.41, 5.74) is 3.20. The standard InChI is InChI=1S/C45H14B14N4O2/c46-20-14-24(40(37(57)28(20)48)63-41-25(30(50)33(53)35(55)38(41)58)26-31(51)34(54)36(56)39(59)42(26)63)65-23-13-19(27(47)32(52)29(23)49)45-61-43(15-6-2-1-3-7-15)60-44(62-45)16-10-11-18-17-8-4-5-9-21(17)64-22(18)12-16/h1-14H. The Hall–Kier alpha value is -6.14. The summed E-state index contributed by atoms with van der Waals surface area (Å²) in [4.78, 5) is 14.7. The molecule has 3 heterocycles. The van der Waals surface area contributed by atoms with Crippen LogP contribution in [0.5, 0.6) is 11.5 Å². The molecule has 7 aromatic carbocycles. The van der Waals surface area contributed by atoms with E-state index in [1.165, 1.54) is 16.7 Å². The number of furan rings is 1. The molecule has 0 spiro atoms. The van der Waals surface area contributed by atoms with E-state index in [-0.39, 0.29) is 127 Å². The fourth-order valence-corrected chi connectivity index (χ4v) is 8.25. The van der Waals surface area contributed by atoms with E-state index in [9.17, 15) is 0 Å². The summed E-state index contributed by atoms with van der Waals surface area (Å²) in [7, 11) is 92.4. The molecule has 3 aromatic heterocycles. The van der Waals surface area contributed by atoms with E-state index in [2.05, 4.69) is 0 Å². The number of para-hydroxylation sites is 1. The monoisotopic (exact) mass is 796 g/mol. The van der Waals surface area contributed by atoms with Crippen molar-refractivity contribution in [1.82, 2.24) is 19.5 Å². The van der Waals surface area contributed by atoms with Gasteiger partial charge in [0.25, 0.3) is 0 Å². The maximum absolute atomic E-state index is 6.87. The molecule has 0 aliphatic rings. The third kappa shape index (κ3) is 6.56. The molecule has 0 aliphatic heterocycles. The van der Waals surface area contributed by atoms with Crippen LogP contribution >= 0.6 is 0 Å². The second-order valence-electron chi connectivity index (χ2n) is 15.5. The number of ether oxygens (including phenoxy) is 1. The van der Waals surface area contributed by atoms with Gasteiger partial charge in [-0.25, -0.2) is 15.0 Å². The molecule has 65 heavy (non-hydrogen) atoms. The lowest BCUT2D eigenvalue weighted by Crippen LogP contribution is -2.49. The van der Waals surface area contributed by atoms with Crippen molar-refractivity contribution in [2.45, 2.75) is 0 Å². The summed E-state index contributed by atoms with van der Waals surface area (Å²) in [6, 6.07) is 25.8. The Morgan fingerprint density at radius 2 is 0.938 bits per heavy atom. The second kappa shape index (κ2) is 15.8. The molecule has 10 rings (SSSR count). The van der Waals surface area contributed by atoms with Gasteiger partial charge in [0.05, 0.1) is 5.69 Å². The maximum atomic E-state index is 6.87. The Labute approximate surface area is 393 Å².